The van der Waals surface area contributed by atoms with Crippen LogP contribution in [0.5, 0.6) is 0 Å². The molecule has 10 nitrogen and oxygen atoms in total. The highest BCUT2D eigenvalue weighted by atomic mass is 16.7. The summed E-state index contributed by atoms with van der Waals surface area (Å²) in [5.74, 6) is -6.95. The van der Waals surface area contributed by atoms with Crippen molar-refractivity contribution in [2.45, 2.75) is 87.5 Å². The molecule has 4 bridgehead atoms. The van der Waals surface area contributed by atoms with E-state index in [1.165, 1.54) is 19.1 Å². The molecule has 38 heavy (non-hydrogen) atoms. The smallest absolute Gasteiger partial charge is 0.343 e. The van der Waals surface area contributed by atoms with Crippen LogP contribution < -0.4 is 0 Å². The largest absolute Gasteiger partial charge is 0.458 e. The van der Waals surface area contributed by atoms with Gasteiger partial charge in [-0.25, -0.2) is 9.59 Å². The molecular weight excluding hydrogens is 496 g/mol. The molecule has 10 heteroatoms. The van der Waals surface area contributed by atoms with Crippen LogP contribution in [0.1, 0.15) is 53.4 Å². The third-order valence-corrected chi connectivity index (χ3v) is 12.1. The maximum atomic E-state index is 14.1. The number of aliphatic hydroxyl groups is 3. The van der Waals surface area contributed by atoms with Crippen molar-refractivity contribution >= 4 is 23.7 Å². The normalized spacial score (nSPS) is 59.6. The number of ketones is 1. The van der Waals surface area contributed by atoms with Crippen LogP contribution in [0.15, 0.2) is 24.3 Å². The summed E-state index contributed by atoms with van der Waals surface area (Å²) in [4.78, 5) is 54.3. The van der Waals surface area contributed by atoms with Gasteiger partial charge in [-0.3, -0.25) is 9.59 Å². The molecule has 5 fully saturated rings. The Hall–Kier alpha value is -2.56. The van der Waals surface area contributed by atoms with E-state index < -0.39 is 86.5 Å². The fourth-order valence-corrected chi connectivity index (χ4v) is 9.76. The third-order valence-electron chi connectivity index (χ3n) is 12.1. The van der Waals surface area contributed by atoms with Gasteiger partial charge in [-0.1, -0.05) is 32.1 Å². The van der Waals surface area contributed by atoms with E-state index in [4.69, 9.17) is 14.2 Å². The summed E-state index contributed by atoms with van der Waals surface area (Å²) in [6.45, 7) is 6.50. The van der Waals surface area contributed by atoms with Gasteiger partial charge in [0, 0.05) is 5.92 Å². The highest BCUT2D eigenvalue weighted by molar-refractivity contribution is 5.98. The summed E-state index contributed by atoms with van der Waals surface area (Å²) < 4.78 is 17.6. The van der Waals surface area contributed by atoms with E-state index in [0.717, 1.165) is 0 Å². The molecule has 7 rings (SSSR count). The predicted octanol–water partition coefficient (Wildman–Crippen LogP) is 0.510. The summed E-state index contributed by atoms with van der Waals surface area (Å²) in [6.07, 6.45) is 5.13. The zero-order chi connectivity index (χ0) is 27.5. The molecule has 0 unspecified atom stereocenters. The van der Waals surface area contributed by atoms with Gasteiger partial charge in [0.05, 0.1) is 22.9 Å². The highest BCUT2D eigenvalue weighted by Gasteiger charge is 2.93. The lowest BCUT2D eigenvalue weighted by molar-refractivity contribution is -0.304. The molecular formula is C28H32O10. The molecule has 3 saturated heterocycles. The van der Waals surface area contributed by atoms with E-state index in [1.54, 1.807) is 32.9 Å². The predicted molar refractivity (Wildman–Crippen MR) is 126 cm³/mol. The quantitative estimate of drug-likeness (QED) is 0.230. The lowest BCUT2D eigenvalue weighted by atomic mass is 9.39. The Kier molecular flexibility index (Phi) is 4.14. The first-order valence-electron chi connectivity index (χ1n) is 13.3. The van der Waals surface area contributed by atoms with Gasteiger partial charge in [-0.2, -0.15) is 0 Å². The molecule has 0 amide bonds. The Labute approximate surface area is 219 Å². The number of ether oxygens (including phenoxy) is 3. The van der Waals surface area contributed by atoms with Crippen molar-refractivity contribution in [1.29, 1.82) is 0 Å². The van der Waals surface area contributed by atoms with Gasteiger partial charge in [0.15, 0.2) is 17.0 Å². The van der Waals surface area contributed by atoms with Gasteiger partial charge in [0.25, 0.3) is 0 Å². The van der Waals surface area contributed by atoms with Crippen molar-refractivity contribution in [1.82, 2.24) is 0 Å². The van der Waals surface area contributed by atoms with E-state index in [2.05, 4.69) is 0 Å². The van der Waals surface area contributed by atoms with Gasteiger partial charge < -0.3 is 29.5 Å². The van der Waals surface area contributed by atoms with E-state index in [-0.39, 0.29) is 31.5 Å². The van der Waals surface area contributed by atoms with Crippen molar-refractivity contribution in [2.75, 3.05) is 0 Å². The lowest BCUT2D eigenvalue weighted by Crippen LogP contribution is -2.80. The molecule has 0 radical (unpaired) electrons. The van der Waals surface area contributed by atoms with Gasteiger partial charge in [-0.15, -0.1) is 0 Å². The van der Waals surface area contributed by atoms with Crippen molar-refractivity contribution < 1.29 is 48.7 Å². The van der Waals surface area contributed by atoms with Crippen LogP contribution in [0.25, 0.3) is 0 Å². The van der Waals surface area contributed by atoms with E-state index >= 15 is 0 Å². The number of carbonyl (C=O) groups is 4. The second kappa shape index (κ2) is 6.42. The molecule has 3 aliphatic heterocycles. The second-order valence-electron chi connectivity index (χ2n) is 13.2. The van der Waals surface area contributed by atoms with Crippen LogP contribution in [-0.4, -0.2) is 73.1 Å². The molecule has 1 spiro atoms. The average Bonchev–Trinajstić information content (AvgIpc) is 3.20. The molecule has 0 aromatic carbocycles. The second-order valence-corrected chi connectivity index (χ2v) is 13.2. The van der Waals surface area contributed by atoms with Gasteiger partial charge in [-0.05, 0) is 56.9 Å². The van der Waals surface area contributed by atoms with Gasteiger partial charge in [0.1, 0.15) is 6.10 Å². The molecule has 3 heterocycles. The van der Waals surface area contributed by atoms with Crippen molar-refractivity contribution in [3.05, 3.63) is 24.3 Å². The SMILES string of the molecule is C[C@@H]1C(=O)O[C@@H]2C[C@@]1(C)[C@@H]1[C@]3(O)C(=O)O[C@]14[C@@]2(C)OC(=O)[C@@]4(O)CC[C@H]1[C@H]3C=C[C@@]2(O)CC=CC(=O)[C@]12C. The van der Waals surface area contributed by atoms with Gasteiger partial charge in [0.2, 0.25) is 11.2 Å². The Bertz CT molecular complexity index is 1300. The first-order valence-corrected chi connectivity index (χ1v) is 13.3. The molecule has 0 aromatic heterocycles. The van der Waals surface area contributed by atoms with Crippen molar-refractivity contribution in [2.24, 2.45) is 34.5 Å². The summed E-state index contributed by atoms with van der Waals surface area (Å²) >= 11 is 0. The number of esters is 3. The average molecular weight is 529 g/mol. The number of fused-ring (bicyclic) bond motifs is 7. The van der Waals surface area contributed by atoms with Crippen LogP contribution in [0, 0.1) is 34.5 Å². The number of hydrogen-bond acceptors (Lipinski definition) is 10. The fraction of sp³-hybridized carbons (Fsp3) is 0.714. The first kappa shape index (κ1) is 24.5. The summed E-state index contributed by atoms with van der Waals surface area (Å²) in [5, 5.41) is 36.7. The van der Waals surface area contributed by atoms with Crippen LogP contribution in [-0.2, 0) is 33.4 Å². The Balaban J connectivity index is 1.55. The van der Waals surface area contributed by atoms with Crippen LogP contribution in [0.2, 0.25) is 0 Å². The van der Waals surface area contributed by atoms with E-state index in [9.17, 15) is 34.5 Å². The molecule has 4 aliphatic carbocycles. The highest BCUT2D eigenvalue weighted by Crippen LogP contribution is 2.75. The summed E-state index contributed by atoms with van der Waals surface area (Å²) in [7, 11) is 0. The lowest BCUT2D eigenvalue weighted by Gasteiger charge is -2.65. The minimum Gasteiger partial charge on any atom is -0.458 e. The first-order chi connectivity index (χ1) is 17.6. The Morgan fingerprint density at radius 2 is 1.71 bits per heavy atom. The van der Waals surface area contributed by atoms with Crippen LogP contribution in [0.3, 0.4) is 0 Å². The Morgan fingerprint density at radius 1 is 1.00 bits per heavy atom. The summed E-state index contributed by atoms with van der Waals surface area (Å²) in [6, 6.07) is 0. The molecule has 204 valence electrons. The number of hydrogen-bond donors (Lipinski definition) is 3. The standard InChI is InChI=1S/C28H32O10/c1-13-18(30)36-17-12-22(13,2)19-27(35)15-7-10-25(33)9-5-6-16(29)23(25,3)14(15)8-11-26(34)20(31)37-24(17,4)28(19,26)38-21(27)32/h5-7,10,13-15,17,19,33-35H,8-9,11-12H2,1-4H3/t13-,14+,15-,17-,19-,22-,23+,24+,25+,26+,27+,28+/m1/s1. The zero-order valence-electron chi connectivity index (χ0n) is 21.7. The van der Waals surface area contributed by atoms with Crippen LogP contribution in [0.4, 0.5) is 0 Å². The topological polar surface area (TPSA) is 157 Å². The molecule has 7 aliphatic rings. The number of rotatable bonds is 0. The maximum Gasteiger partial charge on any atom is 0.343 e. The Morgan fingerprint density at radius 3 is 2.42 bits per heavy atom. The van der Waals surface area contributed by atoms with E-state index in [1.807, 2.05) is 0 Å². The number of allylic oxidation sites excluding steroid dienone is 1. The van der Waals surface area contributed by atoms with Crippen molar-refractivity contribution in [3.63, 3.8) is 0 Å². The fourth-order valence-electron chi connectivity index (χ4n) is 9.76. The van der Waals surface area contributed by atoms with Gasteiger partial charge >= 0.3 is 17.9 Å². The summed E-state index contributed by atoms with van der Waals surface area (Å²) in [5.41, 5.74) is -12.7. The zero-order valence-corrected chi connectivity index (χ0v) is 21.7. The molecule has 0 aromatic rings. The minimum atomic E-state index is -2.38. The molecule has 2 saturated carbocycles. The number of carbonyl (C=O) groups excluding carboxylic acids is 4. The van der Waals surface area contributed by atoms with Crippen LogP contribution >= 0.6 is 0 Å². The van der Waals surface area contributed by atoms with Crippen molar-refractivity contribution in [3.8, 4) is 0 Å². The third kappa shape index (κ3) is 2.07. The minimum absolute atomic E-state index is 0.0131. The monoisotopic (exact) mass is 528 g/mol. The maximum absolute atomic E-state index is 14.1. The van der Waals surface area contributed by atoms with E-state index in [0.29, 0.717) is 0 Å². The molecule has 3 N–H and O–H groups in total. The molecule has 12 atom stereocenters.